The molecule has 0 aliphatic rings. The van der Waals surface area contributed by atoms with Gasteiger partial charge in [0.2, 0.25) is 12.0 Å². The van der Waals surface area contributed by atoms with Crippen LogP contribution >= 0.6 is 21.6 Å². The molecule has 3 N–H and O–H groups in total. The zero-order chi connectivity index (χ0) is 43.9. The summed E-state index contributed by atoms with van der Waals surface area (Å²) in [5.74, 6) is 2.26. The van der Waals surface area contributed by atoms with E-state index in [1.807, 2.05) is 27.8 Å². The van der Waals surface area contributed by atoms with Gasteiger partial charge in [-0.2, -0.15) is 4.57 Å². The largest absolute Gasteiger partial charge is 0.378 e. The molecule has 0 amide bonds. The number of rotatable bonds is 31. The van der Waals surface area contributed by atoms with E-state index in [1.165, 1.54) is 79.6 Å². The minimum absolute atomic E-state index is 1.02. The molecular weight excluding hydrogens is 801 g/mol. The molecular formula is C52H76N8S2+4. The van der Waals surface area contributed by atoms with Gasteiger partial charge in [-0.3, -0.25) is 0 Å². The van der Waals surface area contributed by atoms with E-state index < -0.39 is 0 Å². The molecule has 4 rings (SSSR count). The SMILES string of the molecule is CN(/C=C\[NH2+]CCCCCC[n+]1ccccc1/C=C/c1ccc(N(C)C)cc1)CCSSCCn1cc[n+](CCCCCC[NH+]=C\C=C/C=C/C=C/c2ccc(N(C)C)cc2)c1. The molecule has 0 atom stereocenters. The zero-order valence-corrected chi connectivity index (χ0v) is 40.0. The number of benzene rings is 2. The maximum Gasteiger partial charge on any atom is 0.243 e. The molecule has 0 aliphatic heterocycles. The number of aromatic nitrogens is 3. The summed E-state index contributed by atoms with van der Waals surface area (Å²) in [6.07, 6.45) is 42.2. The number of quaternary nitrogens is 1. The Morgan fingerprint density at radius 2 is 1.31 bits per heavy atom. The second-order valence-corrected chi connectivity index (χ2v) is 18.8. The summed E-state index contributed by atoms with van der Waals surface area (Å²) >= 11 is 0. The molecule has 0 bridgehead atoms. The minimum atomic E-state index is 1.02. The topological polar surface area (TPSA) is 53.0 Å². The van der Waals surface area contributed by atoms with Gasteiger partial charge in [-0.05, 0) is 86.1 Å². The van der Waals surface area contributed by atoms with Crippen LogP contribution in [0.1, 0.15) is 68.2 Å². The standard InChI is InChI=1S/C52H74N8S2/c1-55(2)50-28-23-48(24-29-50)21-13-7-6-8-15-33-53-34-16-9-11-18-37-58-41-42-59(47-58)44-46-62-61-45-43-57(5)40-36-54-35-17-10-12-19-38-60-39-20-14-22-52(60)32-27-49-25-30-51(31-26-49)56(3)4/h6-8,13-15,20-33,36,39-42,47,54H,9-12,16-19,34-35,37-38,43-46H2,1-5H3/q+2/p+2/b7-6+,15-8-,21-13+,40-36-,53-33?. The van der Waals surface area contributed by atoms with Crippen molar-refractivity contribution in [1.29, 1.82) is 0 Å². The predicted octanol–water partition coefficient (Wildman–Crippen LogP) is 7.51. The van der Waals surface area contributed by atoms with E-state index in [-0.39, 0.29) is 0 Å². The lowest BCUT2D eigenvalue weighted by atomic mass is 10.1. The van der Waals surface area contributed by atoms with Gasteiger partial charge in [0.15, 0.2) is 12.4 Å². The Hall–Kier alpha value is -4.77. The van der Waals surface area contributed by atoms with Crippen molar-refractivity contribution >= 4 is 57.4 Å². The number of unbranched alkanes of at least 4 members (excludes halogenated alkanes) is 6. The van der Waals surface area contributed by atoms with Crippen molar-refractivity contribution in [3.8, 4) is 0 Å². The van der Waals surface area contributed by atoms with Gasteiger partial charge in [0.05, 0.1) is 25.8 Å². The average Bonchev–Trinajstić information content (AvgIpc) is 3.74. The van der Waals surface area contributed by atoms with Crippen LogP contribution in [0.3, 0.4) is 0 Å². The number of hydrogen-bond donors (Lipinski definition) is 2. The highest BCUT2D eigenvalue weighted by Crippen LogP contribution is 2.21. The number of nitrogens with zero attached hydrogens (tertiary/aromatic N) is 6. The van der Waals surface area contributed by atoms with Crippen molar-refractivity contribution in [2.45, 2.75) is 71.0 Å². The van der Waals surface area contributed by atoms with E-state index >= 15 is 0 Å². The normalized spacial score (nSPS) is 12.1. The van der Waals surface area contributed by atoms with Crippen LogP contribution in [0.25, 0.3) is 18.2 Å². The zero-order valence-electron chi connectivity index (χ0n) is 38.4. The van der Waals surface area contributed by atoms with Crippen LogP contribution in [-0.2, 0) is 19.6 Å². The molecule has 2 aromatic heterocycles. The van der Waals surface area contributed by atoms with Gasteiger partial charge >= 0.3 is 0 Å². The monoisotopic (exact) mass is 877 g/mol. The third kappa shape index (κ3) is 21.8. The van der Waals surface area contributed by atoms with Crippen molar-refractivity contribution in [2.24, 2.45) is 0 Å². The van der Waals surface area contributed by atoms with Gasteiger partial charge in [0, 0.05) is 102 Å². The molecule has 2 aromatic carbocycles. The van der Waals surface area contributed by atoms with Gasteiger partial charge in [-0.15, -0.1) is 0 Å². The van der Waals surface area contributed by atoms with Crippen LogP contribution in [0.5, 0.6) is 0 Å². The average molecular weight is 877 g/mol. The summed E-state index contributed by atoms with van der Waals surface area (Å²) in [5, 5.41) is 2.33. The third-order valence-corrected chi connectivity index (χ3v) is 12.8. The molecule has 4 aromatic rings. The minimum Gasteiger partial charge on any atom is -0.378 e. The summed E-state index contributed by atoms with van der Waals surface area (Å²) in [7, 11) is 14.4. The van der Waals surface area contributed by atoms with E-state index in [0.717, 1.165) is 50.8 Å². The molecule has 0 saturated carbocycles. The first-order valence-electron chi connectivity index (χ1n) is 22.6. The first-order valence-corrected chi connectivity index (χ1v) is 25.1. The van der Waals surface area contributed by atoms with Crippen molar-refractivity contribution in [3.63, 3.8) is 0 Å². The molecule has 0 fully saturated rings. The van der Waals surface area contributed by atoms with E-state index in [9.17, 15) is 0 Å². The van der Waals surface area contributed by atoms with Crippen molar-refractivity contribution < 1.29 is 19.4 Å². The Morgan fingerprint density at radius 3 is 2.06 bits per heavy atom. The van der Waals surface area contributed by atoms with Crippen LogP contribution in [0.15, 0.2) is 134 Å². The van der Waals surface area contributed by atoms with Crippen LogP contribution in [0.2, 0.25) is 0 Å². The number of pyridine rings is 1. The smallest absolute Gasteiger partial charge is 0.243 e. The molecule has 0 aliphatic carbocycles. The molecule has 0 unspecified atom stereocenters. The number of anilines is 2. The Morgan fingerprint density at radius 1 is 0.645 bits per heavy atom. The number of hydrogen-bond acceptors (Lipinski definition) is 5. The second kappa shape index (κ2) is 31.1. The van der Waals surface area contributed by atoms with Crippen molar-refractivity contribution in [3.05, 3.63) is 151 Å². The Balaban J connectivity index is 0.919. The molecule has 0 saturated heterocycles. The summed E-state index contributed by atoms with van der Waals surface area (Å²) in [6, 6.07) is 23.7. The quantitative estimate of drug-likeness (QED) is 0.0181. The van der Waals surface area contributed by atoms with E-state index in [2.05, 4.69) is 227 Å². The molecule has 8 nitrogen and oxygen atoms in total. The van der Waals surface area contributed by atoms with Crippen molar-refractivity contribution in [2.75, 3.05) is 76.2 Å². The second-order valence-electron chi connectivity index (χ2n) is 16.1. The first kappa shape index (κ1) is 49.9. The molecule has 332 valence electrons. The fourth-order valence-corrected chi connectivity index (χ4v) is 8.69. The Bertz CT molecular complexity index is 1960. The highest BCUT2D eigenvalue weighted by Gasteiger charge is 2.07. The van der Waals surface area contributed by atoms with E-state index in [0.29, 0.717) is 0 Å². The van der Waals surface area contributed by atoms with Gasteiger partial charge in [0.1, 0.15) is 31.7 Å². The molecule has 0 radical (unpaired) electrons. The van der Waals surface area contributed by atoms with Crippen molar-refractivity contribution in [1.82, 2.24) is 9.47 Å². The number of nitrogens with two attached hydrogens (primary N) is 1. The molecule has 0 spiro atoms. The fourth-order valence-electron chi connectivity index (χ4n) is 6.66. The first-order chi connectivity index (χ1) is 30.4. The van der Waals surface area contributed by atoms with Gasteiger partial charge in [-0.25, -0.2) is 14.1 Å². The van der Waals surface area contributed by atoms with Gasteiger partial charge in [-0.1, -0.05) is 76.2 Å². The predicted molar refractivity (Wildman–Crippen MR) is 271 cm³/mol. The summed E-state index contributed by atoms with van der Waals surface area (Å²) in [5.41, 5.74) is 6.12. The van der Waals surface area contributed by atoms with Gasteiger partial charge in [0.25, 0.3) is 0 Å². The Labute approximate surface area is 382 Å². The highest BCUT2D eigenvalue weighted by molar-refractivity contribution is 8.76. The number of imidazole rings is 1. The highest BCUT2D eigenvalue weighted by atomic mass is 33.1. The number of nitrogens with one attached hydrogen (secondary N) is 1. The van der Waals surface area contributed by atoms with E-state index in [1.54, 1.807) is 0 Å². The maximum absolute atomic E-state index is 3.41. The summed E-state index contributed by atoms with van der Waals surface area (Å²) in [6.45, 7) is 6.45. The lowest BCUT2D eigenvalue weighted by Gasteiger charge is -2.12. The fraction of sp³-hybridized carbons (Fsp3) is 0.404. The Kier molecular flexibility index (Phi) is 25.0. The lowest BCUT2D eigenvalue weighted by molar-refractivity contribution is -0.699. The van der Waals surface area contributed by atoms with E-state index in [4.69, 9.17) is 0 Å². The lowest BCUT2D eigenvalue weighted by Crippen LogP contribution is -2.78. The third-order valence-electron chi connectivity index (χ3n) is 10.5. The van der Waals surface area contributed by atoms with Crippen LogP contribution < -0.4 is 29.2 Å². The molecule has 62 heavy (non-hydrogen) atoms. The number of aryl methyl sites for hydroxylation is 3. The maximum atomic E-state index is 3.41. The summed E-state index contributed by atoms with van der Waals surface area (Å²) in [4.78, 5) is 9.96. The molecule has 10 heteroatoms. The summed E-state index contributed by atoms with van der Waals surface area (Å²) < 4.78 is 7.04. The van der Waals surface area contributed by atoms with Crippen LogP contribution in [0.4, 0.5) is 11.4 Å². The van der Waals surface area contributed by atoms with Crippen LogP contribution in [-0.4, -0.2) is 82.1 Å². The van der Waals surface area contributed by atoms with Gasteiger partial charge < -0.3 is 20.0 Å². The number of allylic oxidation sites excluding steroid dienone is 5. The van der Waals surface area contributed by atoms with Crippen LogP contribution in [0, 0.1) is 0 Å². The molecule has 2 heterocycles.